The number of ether oxygens (including phenoxy) is 1. The van der Waals surface area contributed by atoms with Crippen LogP contribution >= 0.6 is 0 Å². The van der Waals surface area contributed by atoms with Gasteiger partial charge in [0.1, 0.15) is 17.2 Å². The maximum Gasteiger partial charge on any atom is 0.289 e. The number of nitrogens with one attached hydrogen (secondary N) is 2. The fourth-order valence-corrected chi connectivity index (χ4v) is 2.38. The average molecular weight is 350 g/mol. The van der Waals surface area contributed by atoms with E-state index in [2.05, 4.69) is 20.7 Å². The van der Waals surface area contributed by atoms with Crippen LogP contribution in [-0.4, -0.2) is 34.0 Å². The molecule has 0 aliphatic rings. The zero-order valence-corrected chi connectivity index (χ0v) is 14.4. The monoisotopic (exact) mass is 350 g/mol. The van der Waals surface area contributed by atoms with Gasteiger partial charge in [0.2, 0.25) is 0 Å². The van der Waals surface area contributed by atoms with Crippen molar-refractivity contribution < 1.29 is 14.6 Å². The molecule has 7 heteroatoms. The molecule has 0 unspecified atom stereocenters. The third kappa shape index (κ3) is 3.72. The summed E-state index contributed by atoms with van der Waals surface area (Å²) >= 11 is 0. The first-order chi connectivity index (χ1) is 12.6. The molecule has 0 atom stereocenters. The van der Waals surface area contributed by atoms with Crippen molar-refractivity contribution in [1.82, 2.24) is 15.6 Å². The van der Waals surface area contributed by atoms with Crippen LogP contribution < -0.4 is 10.2 Å². The summed E-state index contributed by atoms with van der Waals surface area (Å²) in [5.41, 5.74) is 5.23. The van der Waals surface area contributed by atoms with Crippen molar-refractivity contribution in [2.75, 3.05) is 7.11 Å². The van der Waals surface area contributed by atoms with Gasteiger partial charge in [0, 0.05) is 11.1 Å². The Morgan fingerprint density at radius 1 is 1.19 bits per heavy atom. The molecule has 1 heterocycles. The highest BCUT2D eigenvalue weighted by atomic mass is 16.5. The molecule has 3 aromatic rings. The lowest BCUT2D eigenvalue weighted by Crippen LogP contribution is -2.19. The van der Waals surface area contributed by atoms with Crippen LogP contribution in [0.2, 0.25) is 0 Å². The Labute approximate surface area is 150 Å². The Kier molecular flexibility index (Phi) is 4.98. The number of carbonyl (C=O) groups is 1. The summed E-state index contributed by atoms with van der Waals surface area (Å²) in [7, 11) is 1.53. The van der Waals surface area contributed by atoms with Crippen LogP contribution in [0.1, 0.15) is 23.0 Å². The fourth-order valence-electron chi connectivity index (χ4n) is 2.38. The molecule has 0 bridgehead atoms. The van der Waals surface area contributed by atoms with Crippen molar-refractivity contribution in [3.05, 3.63) is 65.9 Å². The minimum absolute atomic E-state index is 0.0502. The van der Waals surface area contributed by atoms with Crippen molar-refractivity contribution in [2.45, 2.75) is 6.92 Å². The first-order valence-electron chi connectivity index (χ1n) is 7.91. The summed E-state index contributed by atoms with van der Waals surface area (Å²) in [6.07, 6.45) is 0. The highest BCUT2D eigenvalue weighted by Gasteiger charge is 2.12. The van der Waals surface area contributed by atoms with E-state index < -0.39 is 5.91 Å². The maximum absolute atomic E-state index is 12.3. The van der Waals surface area contributed by atoms with E-state index in [1.54, 1.807) is 25.1 Å². The zero-order chi connectivity index (χ0) is 18.5. The van der Waals surface area contributed by atoms with E-state index in [9.17, 15) is 9.90 Å². The second-order valence-electron chi connectivity index (χ2n) is 5.55. The highest BCUT2D eigenvalue weighted by molar-refractivity contribution is 6.02. The third-order valence-corrected chi connectivity index (χ3v) is 3.81. The molecular weight excluding hydrogens is 332 g/mol. The number of aromatic nitrogens is 2. The summed E-state index contributed by atoms with van der Waals surface area (Å²) in [5, 5.41) is 20.8. The molecule has 0 aliphatic heterocycles. The molecule has 0 spiro atoms. The number of rotatable bonds is 5. The van der Waals surface area contributed by atoms with Gasteiger partial charge in [-0.2, -0.15) is 10.2 Å². The van der Waals surface area contributed by atoms with Crippen molar-refractivity contribution >= 4 is 11.6 Å². The first kappa shape index (κ1) is 17.2. The normalized spacial score (nSPS) is 11.2. The molecule has 0 radical (unpaired) electrons. The lowest BCUT2D eigenvalue weighted by molar-refractivity contribution is 0.0950. The zero-order valence-electron chi connectivity index (χ0n) is 14.4. The van der Waals surface area contributed by atoms with Gasteiger partial charge in [-0.3, -0.25) is 9.89 Å². The third-order valence-electron chi connectivity index (χ3n) is 3.81. The van der Waals surface area contributed by atoms with E-state index in [0.717, 1.165) is 5.56 Å². The second kappa shape index (κ2) is 7.52. The number of hydrazone groups is 1. The Bertz CT molecular complexity index is 948. The number of hydrogen-bond donors (Lipinski definition) is 3. The van der Waals surface area contributed by atoms with Crippen molar-refractivity contribution in [2.24, 2.45) is 5.10 Å². The van der Waals surface area contributed by atoms with Crippen LogP contribution in [0, 0.1) is 0 Å². The molecule has 1 amide bonds. The van der Waals surface area contributed by atoms with Gasteiger partial charge >= 0.3 is 0 Å². The van der Waals surface area contributed by atoms with Crippen molar-refractivity contribution in [3.8, 4) is 22.8 Å². The molecule has 3 N–H and O–H groups in total. The van der Waals surface area contributed by atoms with E-state index >= 15 is 0 Å². The largest absolute Gasteiger partial charge is 0.507 e. The molecule has 7 nitrogen and oxygen atoms in total. The highest BCUT2D eigenvalue weighted by Crippen LogP contribution is 2.23. The predicted molar refractivity (Wildman–Crippen MR) is 98.4 cm³/mol. The molecule has 1 aromatic heterocycles. The molecular formula is C19H18N4O3. The average Bonchev–Trinajstić information content (AvgIpc) is 3.17. The van der Waals surface area contributed by atoms with E-state index in [-0.39, 0.29) is 11.4 Å². The number of carbonyl (C=O) groups excluding carboxylic acids is 1. The molecule has 0 saturated heterocycles. The van der Waals surface area contributed by atoms with Gasteiger partial charge in [-0.25, -0.2) is 5.43 Å². The number of nitrogens with zero attached hydrogens (tertiary/aromatic N) is 2. The Balaban J connectivity index is 1.74. The van der Waals surface area contributed by atoms with Gasteiger partial charge in [0.25, 0.3) is 5.91 Å². The van der Waals surface area contributed by atoms with Gasteiger partial charge < -0.3 is 9.84 Å². The molecule has 132 valence electrons. The molecule has 0 fully saturated rings. The quantitative estimate of drug-likeness (QED) is 0.486. The number of methoxy groups -OCH3 is 1. The predicted octanol–water partition coefficient (Wildman–Crippen LogP) is 2.94. The summed E-state index contributed by atoms with van der Waals surface area (Å²) in [4.78, 5) is 12.3. The summed E-state index contributed by atoms with van der Waals surface area (Å²) in [6, 6.07) is 16.0. The number of phenols is 1. The number of benzene rings is 2. The number of aromatic amines is 1. The number of amides is 1. The van der Waals surface area contributed by atoms with Gasteiger partial charge in [0.15, 0.2) is 0 Å². The summed E-state index contributed by atoms with van der Waals surface area (Å²) in [5.74, 6) is 0.204. The molecule has 3 rings (SSSR count). The SMILES string of the molecule is COc1ccc(O)c(/C(C)=N/NC(=O)c2cc(-c3ccccc3)n[nH]2)c1. The van der Waals surface area contributed by atoms with Crippen LogP contribution in [0.3, 0.4) is 0 Å². The molecule has 2 aromatic carbocycles. The lowest BCUT2D eigenvalue weighted by Gasteiger charge is -2.07. The Morgan fingerprint density at radius 3 is 2.69 bits per heavy atom. The number of phenolic OH excluding ortho intramolecular Hbond substituents is 1. The van der Waals surface area contributed by atoms with E-state index in [4.69, 9.17) is 4.74 Å². The minimum Gasteiger partial charge on any atom is -0.507 e. The van der Waals surface area contributed by atoms with E-state index in [1.165, 1.54) is 13.2 Å². The van der Waals surface area contributed by atoms with Crippen molar-refractivity contribution in [3.63, 3.8) is 0 Å². The van der Waals surface area contributed by atoms with Gasteiger partial charge in [-0.1, -0.05) is 30.3 Å². The minimum atomic E-state index is -0.429. The van der Waals surface area contributed by atoms with Crippen LogP contribution in [-0.2, 0) is 0 Å². The van der Waals surface area contributed by atoms with E-state index in [0.29, 0.717) is 22.7 Å². The second-order valence-corrected chi connectivity index (χ2v) is 5.55. The smallest absolute Gasteiger partial charge is 0.289 e. The number of aromatic hydroxyl groups is 1. The Morgan fingerprint density at radius 2 is 1.96 bits per heavy atom. The van der Waals surface area contributed by atoms with Gasteiger partial charge in [-0.05, 0) is 31.2 Å². The van der Waals surface area contributed by atoms with E-state index in [1.807, 2.05) is 30.3 Å². The lowest BCUT2D eigenvalue weighted by atomic mass is 10.1. The number of H-pyrrole nitrogens is 1. The Hall–Kier alpha value is -3.61. The summed E-state index contributed by atoms with van der Waals surface area (Å²) < 4.78 is 5.13. The molecule has 0 aliphatic carbocycles. The van der Waals surface area contributed by atoms with Gasteiger partial charge in [0.05, 0.1) is 18.5 Å². The summed E-state index contributed by atoms with van der Waals surface area (Å²) in [6.45, 7) is 1.68. The topological polar surface area (TPSA) is 99.6 Å². The van der Waals surface area contributed by atoms with Crippen molar-refractivity contribution in [1.29, 1.82) is 0 Å². The molecule has 26 heavy (non-hydrogen) atoms. The first-order valence-corrected chi connectivity index (χ1v) is 7.91. The van der Waals surface area contributed by atoms with Gasteiger partial charge in [-0.15, -0.1) is 0 Å². The van der Waals surface area contributed by atoms with Crippen LogP contribution in [0.25, 0.3) is 11.3 Å². The maximum atomic E-state index is 12.3. The number of hydrogen-bond acceptors (Lipinski definition) is 5. The fraction of sp³-hybridized carbons (Fsp3) is 0.105. The van der Waals surface area contributed by atoms with Crippen LogP contribution in [0.5, 0.6) is 11.5 Å². The molecule has 0 saturated carbocycles. The van der Waals surface area contributed by atoms with Crippen LogP contribution in [0.15, 0.2) is 59.7 Å². The van der Waals surface area contributed by atoms with Crippen LogP contribution in [0.4, 0.5) is 0 Å². The standard InChI is InChI=1S/C19H18N4O3/c1-12(15-10-14(26-2)8-9-18(15)24)20-23-19(25)17-11-16(21-22-17)13-6-4-3-5-7-13/h3-11,24H,1-2H3,(H,21,22)(H,23,25)/b20-12+.